The topological polar surface area (TPSA) is 46.2 Å². The molecule has 1 N–H and O–H groups in total. The SMILES string of the molecule is CC(C)C.O=C1CC(=O)N1. The summed E-state index contributed by atoms with van der Waals surface area (Å²) in [6, 6.07) is 0. The lowest BCUT2D eigenvalue weighted by molar-refractivity contribution is -0.140. The number of hydrogen-bond acceptors (Lipinski definition) is 2. The van der Waals surface area contributed by atoms with Crippen molar-refractivity contribution >= 4 is 11.8 Å². The Labute approximate surface area is 60.8 Å². The number of amides is 2. The van der Waals surface area contributed by atoms with Crippen LogP contribution in [-0.2, 0) is 9.59 Å². The lowest BCUT2D eigenvalue weighted by Gasteiger charge is -2.08. The average Bonchev–Trinajstić information content (AvgIpc) is 1.60. The Morgan fingerprint density at radius 1 is 1.20 bits per heavy atom. The van der Waals surface area contributed by atoms with Gasteiger partial charge < -0.3 is 0 Å². The van der Waals surface area contributed by atoms with Gasteiger partial charge in [0.15, 0.2) is 0 Å². The Morgan fingerprint density at radius 2 is 1.40 bits per heavy atom. The lowest BCUT2D eigenvalue weighted by Crippen LogP contribution is -2.43. The number of carbonyl (C=O) groups excluding carboxylic acids is 2. The molecule has 0 aromatic rings. The Hall–Kier alpha value is -0.860. The van der Waals surface area contributed by atoms with Gasteiger partial charge in [-0.15, -0.1) is 0 Å². The highest BCUT2D eigenvalue weighted by Crippen LogP contribution is 1.89. The van der Waals surface area contributed by atoms with Crippen LogP contribution >= 0.6 is 0 Å². The minimum Gasteiger partial charge on any atom is -0.296 e. The van der Waals surface area contributed by atoms with Crippen molar-refractivity contribution in [2.24, 2.45) is 5.92 Å². The Bertz CT molecular complexity index is 116. The molecule has 1 fully saturated rings. The van der Waals surface area contributed by atoms with Crippen molar-refractivity contribution in [2.75, 3.05) is 0 Å². The molecule has 2 amide bonds. The van der Waals surface area contributed by atoms with Crippen LogP contribution in [0.25, 0.3) is 0 Å². The first-order valence-corrected chi connectivity index (χ1v) is 3.35. The fourth-order valence-electron chi connectivity index (χ4n) is 0.283. The van der Waals surface area contributed by atoms with Gasteiger partial charge in [-0.25, -0.2) is 0 Å². The van der Waals surface area contributed by atoms with Gasteiger partial charge in [0.2, 0.25) is 11.8 Å². The van der Waals surface area contributed by atoms with E-state index in [1.807, 2.05) is 5.32 Å². The van der Waals surface area contributed by atoms with Gasteiger partial charge in [0.25, 0.3) is 0 Å². The van der Waals surface area contributed by atoms with Crippen molar-refractivity contribution in [1.82, 2.24) is 5.32 Å². The monoisotopic (exact) mass is 143 g/mol. The molecule has 0 bridgehead atoms. The summed E-state index contributed by atoms with van der Waals surface area (Å²) in [5.41, 5.74) is 0. The summed E-state index contributed by atoms with van der Waals surface area (Å²) in [6.07, 6.45) is 0.0833. The third kappa shape index (κ3) is 5.28. The molecule has 0 atom stereocenters. The second kappa shape index (κ2) is 4.04. The first-order chi connectivity index (χ1) is 4.52. The van der Waals surface area contributed by atoms with E-state index in [0.29, 0.717) is 0 Å². The van der Waals surface area contributed by atoms with Crippen LogP contribution in [0.15, 0.2) is 0 Å². The Balaban J connectivity index is 0.000000180. The van der Waals surface area contributed by atoms with Crippen LogP contribution in [-0.4, -0.2) is 11.8 Å². The molecule has 0 aromatic carbocycles. The molecule has 1 aliphatic heterocycles. The van der Waals surface area contributed by atoms with Crippen molar-refractivity contribution in [3.63, 3.8) is 0 Å². The zero-order chi connectivity index (χ0) is 8.15. The highest BCUT2D eigenvalue weighted by atomic mass is 16.2. The van der Waals surface area contributed by atoms with Crippen LogP contribution < -0.4 is 5.32 Å². The van der Waals surface area contributed by atoms with Gasteiger partial charge in [0, 0.05) is 0 Å². The first-order valence-electron chi connectivity index (χ1n) is 3.35. The van der Waals surface area contributed by atoms with Crippen molar-refractivity contribution in [3.05, 3.63) is 0 Å². The molecule has 0 spiro atoms. The first kappa shape index (κ1) is 9.14. The molecule has 0 aliphatic carbocycles. The Morgan fingerprint density at radius 3 is 1.40 bits per heavy atom. The summed E-state index contributed by atoms with van der Waals surface area (Å²) in [4.78, 5) is 19.6. The van der Waals surface area contributed by atoms with E-state index < -0.39 is 0 Å². The average molecular weight is 143 g/mol. The summed E-state index contributed by atoms with van der Waals surface area (Å²) in [7, 11) is 0. The van der Waals surface area contributed by atoms with E-state index in [2.05, 4.69) is 20.8 Å². The fraction of sp³-hybridized carbons (Fsp3) is 0.714. The van der Waals surface area contributed by atoms with Crippen molar-refractivity contribution in [1.29, 1.82) is 0 Å². The van der Waals surface area contributed by atoms with E-state index in [4.69, 9.17) is 0 Å². The van der Waals surface area contributed by atoms with Crippen LogP contribution in [0.5, 0.6) is 0 Å². The lowest BCUT2D eigenvalue weighted by atomic mass is 10.3. The third-order valence-electron chi connectivity index (χ3n) is 0.600. The van der Waals surface area contributed by atoms with E-state index in [1.54, 1.807) is 0 Å². The Kier molecular flexibility index (Phi) is 3.69. The fourth-order valence-corrected chi connectivity index (χ4v) is 0.283. The molecule has 0 radical (unpaired) electrons. The van der Waals surface area contributed by atoms with Crippen molar-refractivity contribution in [3.8, 4) is 0 Å². The quantitative estimate of drug-likeness (QED) is 0.400. The van der Waals surface area contributed by atoms with E-state index in [9.17, 15) is 9.59 Å². The molecule has 3 heteroatoms. The maximum atomic E-state index is 9.78. The van der Waals surface area contributed by atoms with E-state index in [1.165, 1.54) is 0 Å². The molecule has 0 aromatic heterocycles. The summed E-state index contributed by atoms with van der Waals surface area (Å²) in [5.74, 6) is 0.500. The normalized spacial score (nSPS) is 15.2. The summed E-state index contributed by atoms with van der Waals surface area (Å²) in [6.45, 7) is 6.50. The van der Waals surface area contributed by atoms with Crippen LogP contribution in [0.3, 0.4) is 0 Å². The number of nitrogens with one attached hydrogen (secondary N) is 1. The van der Waals surface area contributed by atoms with Gasteiger partial charge >= 0.3 is 0 Å². The number of carbonyl (C=O) groups is 2. The van der Waals surface area contributed by atoms with Gasteiger partial charge in [0.05, 0.1) is 0 Å². The van der Waals surface area contributed by atoms with E-state index >= 15 is 0 Å². The molecule has 10 heavy (non-hydrogen) atoms. The van der Waals surface area contributed by atoms with Gasteiger partial charge in [-0.1, -0.05) is 20.8 Å². The molecule has 0 unspecified atom stereocenters. The minimum atomic E-state index is -0.167. The van der Waals surface area contributed by atoms with Gasteiger partial charge in [-0.2, -0.15) is 0 Å². The molecular formula is C7H13NO2. The van der Waals surface area contributed by atoms with Crippen LogP contribution in [0.2, 0.25) is 0 Å². The predicted molar refractivity (Wildman–Crippen MR) is 38.3 cm³/mol. The van der Waals surface area contributed by atoms with Crippen LogP contribution in [0.1, 0.15) is 27.2 Å². The van der Waals surface area contributed by atoms with Crippen molar-refractivity contribution < 1.29 is 9.59 Å². The third-order valence-corrected chi connectivity index (χ3v) is 0.600. The maximum absolute atomic E-state index is 9.78. The maximum Gasteiger partial charge on any atom is 0.236 e. The minimum absolute atomic E-state index is 0.0833. The molecular weight excluding hydrogens is 130 g/mol. The van der Waals surface area contributed by atoms with Gasteiger partial charge in [-0.3, -0.25) is 14.9 Å². The van der Waals surface area contributed by atoms with Crippen LogP contribution in [0.4, 0.5) is 0 Å². The summed E-state index contributed by atoms with van der Waals surface area (Å²) >= 11 is 0. The summed E-state index contributed by atoms with van der Waals surface area (Å²) < 4.78 is 0. The van der Waals surface area contributed by atoms with Gasteiger partial charge in [-0.05, 0) is 5.92 Å². The molecule has 0 saturated carbocycles. The smallest absolute Gasteiger partial charge is 0.236 e. The number of rotatable bonds is 0. The highest BCUT2D eigenvalue weighted by molar-refractivity contribution is 6.14. The number of β-lactam (4-membered cyclic amide) rings is 2. The predicted octanol–water partition coefficient (Wildman–Crippen LogP) is 0.695. The standard InChI is InChI=1S/C4H10.C3H3NO2/c1-4(2)3;5-2-1-3(6)4-2/h4H,1-3H3;1H2,(H,4,5,6). The second-order valence-electron chi connectivity index (χ2n) is 2.88. The van der Waals surface area contributed by atoms with Gasteiger partial charge in [0.1, 0.15) is 6.42 Å². The largest absolute Gasteiger partial charge is 0.296 e. The zero-order valence-electron chi connectivity index (χ0n) is 6.60. The molecule has 1 heterocycles. The molecule has 58 valence electrons. The van der Waals surface area contributed by atoms with Crippen LogP contribution in [0, 0.1) is 5.92 Å². The summed E-state index contributed by atoms with van der Waals surface area (Å²) in [5, 5.41) is 2.03. The van der Waals surface area contributed by atoms with E-state index in [-0.39, 0.29) is 18.2 Å². The zero-order valence-corrected chi connectivity index (χ0v) is 6.60. The highest BCUT2D eigenvalue weighted by Gasteiger charge is 2.20. The second-order valence-corrected chi connectivity index (χ2v) is 2.88. The number of hydrogen-bond donors (Lipinski definition) is 1. The molecule has 1 rings (SSSR count). The van der Waals surface area contributed by atoms with Crippen molar-refractivity contribution in [2.45, 2.75) is 27.2 Å². The molecule has 1 saturated heterocycles. The van der Waals surface area contributed by atoms with E-state index in [0.717, 1.165) is 5.92 Å². The number of imide groups is 1. The molecule has 3 nitrogen and oxygen atoms in total. The molecule has 1 aliphatic rings.